The molecule has 0 unspecified atom stereocenters. The van der Waals surface area contributed by atoms with Crippen LogP contribution in [0.4, 0.5) is 11.4 Å². The fourth-order valence-corrected chi connectivity index (χ4v) is 5.94. The third kappa shape index (κ3) is 3.32. The van der Waals surface area contributed by atoms with Crippen LogP contribution in [0.3, 0.4) is 0 Å². The summed E-state index contributed by atoms with van der Waals surface area (Å²) < 4.78 is 26.8. The average Bonchev–Trinajstić information content (AvgIpc) is 3.33. The number of hydrogen-bond donors (Lipinski definition) is 1. The summed E-state index contributed by atoms with van der Waals surface area (Å²) in [4.78, 5) is 2.68. The molecule has 0 aliphatic carbocycles. The highest BCUT2D eigenvalue weighted by atomic mass is 32.2. The standard InChI is InChI=1S/C24H20N2O2S2/c1-17(18-8-11-20(12-9-18)30(27,28)26-14-4-5-15-26)19-10-13-24-22(16-19)25-21-6-2-3-7-23(21)29-24/h2-4,6-14,16,25H,1,5,15H2. The summed E-state index contributed by atoms with van der Waals surface area (Å²) in [5.74, 6) is 0. The third-order valence-corrected chi connectivity index (χ3v) is 8.24. The van der Waals surface area contributed by atoms with Gasteiger partial charge in [-0.25, -0.2) is 8.42 Å². The van der Waals surface area contributed by atoms with Crippen LogP contribution in [0, 0.1) is 0 Å². The van der Waals surface area contributed by atoms with E-state index >= 15 is 0 Å². The molecule has 0 aromatic heterocycles. The van der Waals surface area contributed by atoms with Crippen molar-refractivity contribution in [3.05, 3.63) is 96.7 Å². The van der Waals surface area contributed by atoms with Crippen molar-refractivity contribution in [2.24, 2.45) is 0 Å². The fraction of sp³-hybridized carbons (Fsp3) is 0.0833. The summed E-state index contributed by atoms with van der Waals surface area (Å²) in [7, 11) is -3.48. The van der Waals surface area contributed by atoms with E-state index in [1.165, 1.54) is 14.1 Å². The molecular formula is C24H20N2O2S2. The lowest BCUT2D eigenvalue weighted by Gasteiger charge is -2.21. The molecule has 4 nitrogen and oxygen atoms in total. The molecule has 0 spiro atoms. The molecule has 0 radical (unpaired) electrons. The molecule has 5 rings (SSSR count). The maximum absolute atomic E-state index is 12.7. The van der Waals surface area contributed by atoms with Crippen molar-refractivity contribution in [1.29, 1.82) is 0 Å². The van der Waals surface area contributed by atoms with Crippen LogP contribution in [-0.2, 0) is 10.0 Å². The van der Waals surface area contributed by atoms with Crippen molar-refractivity contribution in [1.82, 2.24) is 4.31 Å². The Labute approximate surface area is 181 Å². The molecule has 0 bridgehead atoms. The highest BCUT2D eigenvalue weighted by Crippen LogP contribution is 2.44. The number of rotatable bonds is 4. The maximum Gasteiger partial charge on any atom is 0.263 e. The zero-order valence-corrected chi connectivity index (χ0v) is 17.8. The zero-order valence-electron chi connectivity index (χ0n) is 16.2. The predicted octanol–water partition coefficient (Wildman–Crippen LogP) is 5.86. The zero-order chi connectivity index (χ0) is 20.7. The first-order valence-corrected chi connectivity index (χ1v) is 11.9. The first-order chi connectivity index (χ1) is 14.5. The van der Waals surface area contributed by atoms with E-state index in [0.717, 1.165) is 34.5 Å². The third-order valence-electron chi connectivity index (χ3n) is 5.30. The molecule has 2 aliphatic rings. The van der Waals surface area contributed by atoms with Crippen molar-refractivity contribution < 1.29 is 8.42 Å². The number of anilines is 2. The molecule has 2 heterocycles. The molecule has 0 atom stereocenters. The lowest BCUT2D eigenvalue weighted by atomic mass is 9.99. The first kappa shape index (κ1) is 19.0. The van der Waals surface area contributed by atoms with Gasteiger partial charge in [-0.2, -0.15) is 0 Å². The van der Waals surface area contributed by atoms with Crippen LogP contribution >= 0.6 is 11.8 Å². The summed E-state index contributed by atoms with van der Waals surface area (Å²) >= 11 is 1.75. The summed E-state index contributed by atoms with van der Waals surface area (Å²) in [5, 5.41) is 3.49. The van der Waals surface area contributed by atoms with E-state index in [1.807, 2.05) is 30.3 Å². The second-order valence-electron chi connectivity index (χ2n) is 7.23. The Hall–Kier alpha value is -2.96. The van der Waals surface area contributed by atoms with Crippen LogP contribution in [-0.4, -0.2) is 19.3 Å². The molecule has 0 fully saturated rings. The lowest BCUT2D eigenvalue weighted by Crippen LogP contribution is -2.23. The number of para-hydroxylation sites is 1. The van der Waals surface area contributed by atoms with E-state index in [4.69, 9.17) is 0 Å². The van der Waals surface area contributed by atoms with E-state index < -0.39 is 10.0 Å². The number of hydrogen-bond acceptors (Lipinski definition) is 4. The molecule has 150 valence electrons. The number of benzene rings is 3. The Balaban J connectivity index is 1.40. The van der Waals surface area contributed by atoms with Gasteiger partial charge in [0.1, 0.15) is 0 Å². The Kier molecular flexibility index (Phi) is 4.68. The van der Waals surface area contributed by atoms with Gasteiger partial charge in [0, 0.05) is 22.5 Å². The van der Waals surface area contributed by atoms with Crippen LogP contribution in [0.15, 0.2) is 100 Å². The highest BCUT2D eigenvalue weighted by molar-refractivity contribution is 7.99. The topological polar surface area (TPSA) is 49.4 Å². The van der Waals surface area contributed by atoms with Crippen molar-refractivity contribution >= 4 is 38.7 Å². The second kappa shape index (κ2) is 7.38. The van der Waals surface area contributed by atoms with Gasteiger partial charge in [-0.05, 0) is 59.5 Å². The molecule has 30 heavy (non-hydrogen) atoms. The van der Waals surface area contributed by atoms with Gasteiger partial charge in [0.05, 0.1) is 16.3 Å². The lowest BCUT2D eigenvalue weighted by molar-refractivity contribution is 0.517. The van der Waals surface area contributed by atoms with Gasteiger partial charge in [-0.1, -0.05) is 54.7 Å². The van der Waals surface area contributed by atoms with E-state index in [9.17, 15) is 8.42 Å². The Morgan fingerprint density at radius 3 is 2.43 bits per heavy atom. The minimum atomic E-state index is -3.48. The Morgan fingerprint density at radius 1 is 0.933 bits per heavy atom. The number of sulfonamides is 1. The molecule has 0 saturated carbocycles. The molecule has 0 amide bonds. The smallest absolute Gasteiger partial charge is 0.263 e. The minimum Gasteiger partial charge on any atom is -0.354 e. The van der Waals surface area contributed by atoms with Crippen LogP contribution in [0.25, 0.3) is 5.57 Å². The predicted molar refractivity (Wildman–Crippen MR) is 123 cm³/mol. The number of nitrogens with one attached hydrogen (secondary N) is 1. The van der Waals surface area contributed by atoms with Crippen molar-refractivity contribution in [2.75, 3.05) is 11.9 Å². The fourth-order valence-electron chi connectivity index (χ4n) is 3.63. The quantitative estimate of drug-likeness (QED) is 0.438. The van der Waals surface area contributed by atoms with Crippen LogP contribution in [0.2, 0.25) is 0 Å². The number of fused-ring (bicyclic) bond motifs is 2. The summed E-state index contributed by atoms with van der Waals surface area (Å²) in [5.41, 5.74) is 4.91. The van der Waals surface area contributed by atoms with Crippen LogP contribution < -0.4 is 5.32 Å². The van der Waals surface area contributed by atoms with Gasteiger partial charge in [0.15, 0.2) is 0 Å². The van der Waals surface area contributed by atoms with Crippen LogP contribution in [0.1, 0.15) is 17.5 Å². The average molecular weight is 433 g/mol. The van der Waals surface area contributed by atoms with Gasteiger partial charge in [0.2, 0.25) is 0 Å². The second-order valence-corrected chi connectivity index (χ2v) is 10.2. The first-order valence-electron chi connectivity index (χ1n) is 9.68. The van der Waals surface area contributed by atoms with Gasteiger partial charge < -0.3 is 5.32 Å². The van der Waals surface area contributed by atoms with Gasteiger partial charge in [0.25, 0.3) is 10.0 Å². The van der Waals surface area contributed by atoms with Gasteiger partial charge in [-0.3, -0.25) is 4.31 Å². The molecule has 3 aromatic rings. The van der Waals surface area contributed by atoms with Crippen molar-refractivity contribution in [2.45, 2.75) is 21.1 Å². The molecule has 3 aromatic carbocycles. The normalized spacial score (nSPS) is 14.7. The molecule has 2 aliphatic heterocycles. The van der Waals surface area contributed by atoms with Crippen molar-refractivity contribution in [3.8, 4) is 0 Å². The molecule has 1 N–H and O–H groups in total. The van der Waals surface area contributed by atoms with E-state index in [2.05, 4.69) is 42.2 Å². The van der Waals surface area contributed by atoms with Gasteiger partial charge in [-0.15, -0.1) is 0 Å². The van der Waals surface area contributed by atoms with E-state index in [1.54, 1.807) is 30.1 Å². The van der Waals surface area contributed by atoms with Crippen molar-refractivity contribution in [3.63, 3.8) is 0 Å². The number of nitrogens with zero attached hydrogens (tertiary/aromatic N) is 1. The summed E-state index contributed by atoms with van der Waals surface area (Å²) in [6.07, 6.45) is 4.26. The molecule has 0 saturated heterocycles. The van der Waals surface area contributed by atoms with Crippen LogP contribution in [0.5, 0.6) is 0 Å². The minimum absolute atomic E-state index is 0.297. The largest absolute Gasteiger partial charge is 0.354 e. The highest BCUT2D eigenvalue weighted by Gasteiger charge is 2.23. The van der Waals surface area contributed by atoms with E-state index in [0.29, 0.717) is 11.4 Å². The van der Waals surface area contributed by atoms with Gasteiger partial charge >= 0.3 is 0 Å². The molecular weight excluding hydrogens is 412 g/mol. The SMILES string of the molecule is C=C(c1ccc(S(=O)(=O)N2C=CCC2)cc1)c1ccc2c(c1)Nc1ccccc1S2. The van der Waals surface area contributed by atoms with E-state index in [-0.39, 0.29) is 0 Å². The Morgan fingerprint density at radius 2 is 1.67 bits per heavy atom. The summed E-state index contributed by atoms with van der Waals surface area (Å²) in [6.45, 7) is 4.75. The maximum atomic E-state index is 12.7. The Bertz CT molecular complexity index is 1280. The monoisotopic (exact) mass is 432 g/mol. The molecule has 6 heteroatoms. The summed E-state index contributed by atoms with van der Waals surface area (Å²) in [6, 6.07) is 21.5.